The molecule has 1 heterocycles. The molecule has 168 valence electrons. The molecule has 0 aliphatic rings. The summed E-state index contributed by atoms with van der Waals surface area (Å²) in [5.74, 6) is 0.564. The number of anilines is 1. The third-order valence-corrected chi connectivity index (χ3v) is 4.55. The van der Waals surface area contributed by atoms with Gasteiger partial charge in [0, 0.05) is 18.3 Å². The van der Waals surface area contributed by atoms with Gasteiger partial charge < -0.3 is 19.5 Å². The molecule has 3 rings (SSSR count). The van der Waals surface area contributed by atoms with Gasteiger partial charge in [-0.1, -0.05) is 12.1 Å². The molecular weight excluding hydrogens is 410 g/mol. The standard InChI is InChI=1S/C24H27N3O5/c1-5-27-14-21(22(26-27)24(29)32-16(2)3)25-23(28)18-8-6-17(7-9-18)15-31-20-12-10-19(30-4)11-13-20/h6-14,16H,5,15H2,1-4H3,(H,25,28). The number of nitrogens with one attached hydrogen (secondary N) is 1. The van der Waals surface area contributed by atoms with Crippen molar-refractivity contribution >= 4 is 17.6 Å². The van der Waals surface area contributed by atoms with Gasteiger partial charge in [-0.15, -0.1) is 0 Å². The average Bonchev–Trinajstić information content (AvgIpc) is 3.21. The van der Waals surface area contributed by atoms with E-state index in [-0.39, 0.29) is 17.7 Å². The largest absolute Gasteiger partial charge is 0.497 e. The van der Waals surface area contributed by atoms with E-state index in [0.29, 0.717) is 24.4 Å². The minimum absolute atomic E-state index is 0.0819. The molecule has 0 aliphatic carbocycles. The number of carbonyl (C=O) groups excluding carboxylic acids is 2. The first-order valence-electron chi connectivity index (χ1n) is 10.3. The van der Waals surface area contributed by atoms with Crippen LogP contribution in [0.3, 0.4) is 0 Å². The second-order valence-corrected chi connectivity index (χ2v) is 7.32. The van der Waals surface area contributed by atoms with E-state index in [1.54, 1.807) is 44.0 Å². The molecule has 8 heteroatoms. The van der Waals surface area contributed by atoms with Crippen LogP contribution in [0.1, 0.15) is 47.2 Å². The van der Waals surface area contributed by atoms with Crippen molar-refractivity contribution in [3.05, 3.63) is 71.5 Å². The smallest absolute Gasteiger partial charge is 0.361 e. The van der Waals surface area contributed by atoms with Crippen LogP contribution < -0.4 is 14.8 Å². The Hall–Kier alpha value is -3.81. The Morgan fingerprint density at radius 3 is 2.28 bits per heavy atom. The molecule has 0 unspecified atom stereocenters. The summed E-state index contributed by atoms with van der Waals surface area (Å²) in [6, 6.07) is 14.4. The number of esters is 1. The van der Waals surface area contributed by atoms with Crippen molar-refractivity contribution in [1.82, 2.24) is 9.78 Å². The number of hydrogen-bond acceptors (Lipinski definition) is 6. The van der Waals surface area contributed by atoms with E-state index in [1.807, 2.05) is 43.3 Å². The molecule has 2 aromatic carbocycles. The number of benzene rings is 2. The first-order valence-corrected chi connectivity index (χ1v) is 10.3. The van der Waals surface area contributed by atoms with E-state index in [9.17, 15) is 9.59 Å². The Morgan fingerprint density at radius 2 is 1.69 bits per heavy atom. The van der Waals surface area contributed by atoms with Crippen LogP contribution >= 0.6 is 0 Å². The molecule has 0 spiro atoms. The monoisotopic (exact) mass is 437 g/mol. The molecule has 32 heavy (non-hydrogen) atoms. The van der Waals surface area contributed by atoms with Gasteiger partial charge in [-0.05, 0) is 62.7 Å². The minimum atomic E-state index is -0.575. The normalized spacial score (nSPS) is 10.7. The molecule has 0 atom stereocenters. The first kappa shape index (κ1) is 22.9. The third kappa shape index (κ3) is 5.87. The fourth-order valence-electron chi connectivity index (χ4n) is 2.88. The number of ether oxygens (including phenoxy) is 3. The van der Waals surface area contributed by atoms with Gasteiger partial charge in [-0.2, -0.15) is 5.10 Å². The van der Waals surface area contributed by atoms with Crippen molar-refractivity contribution in [3.8, 4) is 11.5 Å². The summed E-state index contributed by atoms with van der Waals surface area (Å²) in [4.78, 5) is 25.0. The van der Waals surface area contributed by atoms with Crippen LogP contribution in [0.4, 0.5) is 5.69 Å². The maximum atomic E-state index is 12.7. The van der Waals surface area contributed by atoms with Crippen molar-refractivity contribution in [3.63, 3.8) is 0 Å². The predicted molar refractivity (Wildman–Crippen MR) is 120 cm³/mol. The number of methoxy groups -OCH3 is 1. The van der Waals surface area contributed by atoms with Gasteiger partial charge in [0.1, 0.15) is 18.1 Å². The second-order valence-electron chi connectivity index (χ2n) is 7.32. The molecule has 3 aromatic rings. The lowest BCUT2D eigenvalue weighted by Crippen LogP contribution is -2.17. The minimum Gasteiger partial charge on any atom is -0.497 e. The Balaban J connectivity index is 1.64. The van der Waals surface area contributed by atoms with Gasteiger partial charge >= 0.3 is 5.97 Å². The van der Waals surface area contributed by atoms with Crippen molar-refractivity contribution in [2.45, 2.75) is 40.0 Å². The fraction of sp³-hybridized carbons (Fsp3) is 0.292. The molecule has 0 saturated heterocycles. The van der Waals surface area contributed by atoms with E-state index < -0.39 is 5.97 Å². The second kappa shape index (κ2) is 10.5. The Bertz CT molecular complexity index is 1060. The van der Waals surface area contributed by atoms with Crippen LogP contribution in [0.25, 0.3) is 0 Å². The molecule has 0 bridgehead atoms. The highest BCUT2D eigenvalue weighted by Gasteiger charge is 2.21. The van der Waals surface area contributed by atoms with Gasteiger partial charge in [0.2, 0.25) is 0 Å². The van der Waals surface area contributed by atoms with Crippen LogP contribution in [0.5, 0.6) is 11.5 Å². The Kier molecular flexibility index (Phi) is 7.49. The topological polar surface area (TPSA) is 91.7 Å². The lowest BCUT2D eigenvalue weighted by Gasteiger charge is -2.09. The maximum Gasteiger partial charge on any atom is 0.361 e. The summed E-state index contributed by atoms with van der Waals surface area (Å²) in [7, 11) is 1.61. The lowest BCUT2D eigenvalue weighted by atomic mass is 10.1. The molecule has 0 saturated carbocycles. The summed E-state index contributed by atoms with van der Waals surface area (Å²) < 4.78 is 17.7. The van der Waals surface area contributed by atoms with E-state index in [1.165, 1.54) is 0 Å². The molecular formula is C24H27N3O5. The fourth-order valence-corrected chi connectivity index (χ4v) is 2.88. The molecule has 1 aromatic heterocycles. The quantitative estimate of drug-likeness (QED) is 0.502. The van der Waals surface area contributed by atoms with Gasteiger partial charge in [-0.3, -0.25) is 9.48 Å². The highest BCUT2D eigenvalue weighted by Crippen LogP contribution is 2.20. The number of nitrogens with zero attached hydrogens (tertiary/aromatic N) is 2. The lowest BCUT2D eigenvalue weighted by molar-refractivity contribution is 0.0371. The Morgan fingerprint density at radius 1 is 1.03 bits per heavy atom. The summed E-state index contributed by atoms with van der Waals surface area (Å²) in [6.07, 6.45) is 1.33. The average molecular weight is 437 g/mol. The summed E-state index contributed by atoms with van der Waals surface area (Å²) in [6.45, 7) is 6.33. The number of aromatic nitrogens is 2. The van der Waals surface area contributed by atoms with Crippen LogP contribution in [0.2, 0.25) is 0 Å². The molecule has 1 amide bonds. The number of hydrogen-bond donors (Lipinski definition) is 1. The summed E-state index contributed by atoms with van der Waals surface area (Å²) in [5, 5.41) is 6.97. The van der Waals surface area contributed by atoms with Crippen molar-refractivity contribution < 1.29 is 23.8 Å². The zero-order valence-electron chi connectivity index (χ0n) is 18.6. The highest BCUT2D eigenvalue weighted by atomic mass is 16.5. The predicted octanol–water partition coefficient (Wildman–Crippen LogP) is 4.31. The van der Waals surface area contributed by atoms with Crippen LogP contribution in [0, 0.1) is 0 Å². The van der Waals surface area contributed by atoms with E-state index in [0.717, 1.165) is 17.1 Å². The molecule has 0 radical (unpaired) electrons. The summed E-state index contributed by atoms with van der Waals surface area (Å²) >= 11 is 0. The number of rotatable bonds is 9. The SMILES string of the molecule is CCn1cc(NC(=O)c2ccc(COc3ccc(OC)cc3)cc2)c(C(=O)OC(C)C)n1. The molecule has 8 nitrogen and oxygen atoms in total. The number of aryl methyl sites for hydroxylation is 1. The van der Waals surface area contributed by atoms with E-state index >= 15 is 0 Å². The highest BCUT2D eigenvalue weighted by molar-refractivity contribution is 6.07. The van der Waals surface area contributed by atoms with Crippen molar-refractivity contribution in [1.29, 1.82) is 0 Å². The maximum absolute atomic E-state index is 12.7. The van der Waals surface area contributed by atoms with Crippen LogP contribution in [0.15, 0.2) is 54.7 Å². The zero-order chi connectivity index (χ0) is 23.1. The summed E-state index contributed by atoms with van der Waals surface area (Å²) in [5.41, 5.74) is 1.76. The van der Waals surface area contributed by atoms with Crippen LogP contribution in [-0.4, -0.2) is 34.9 Å². The Labute approximate surface area is 187 Å². The first-order chi connectivity index (χ1) is 15.4. The van der Waals surface area contributed by atoms with Gasteiger partial charge in [0.15, 0.2) is 5.69 Å². The molecule has 1 N–H and O–H groups in total. The third-order valence-electron chi connectivity index (χ3n) is 4.55. The van der Waals surface area contributed by atoms with Crippen molar-refractivity contribution in [2.75, 3.05) is 12.4 Å². The molecule has 0 fully saturated rings. The number of amides is 1. The number of carbonyl (C=O) groups is 2. The molecule has 0 aliphatic heterocycles. The van der Waals surface area contributed by atoms with Gasteiger partial charge in [0.25, 0.3) is 5.91 Å². The zero-order valence-corrected chi connectivity index (χ0v) is 18.6. The van der Waals surface area contributed by atoms with Gasteiger partial charge in [-0.25, -0.2) is 4.79 Å². The van der Waals surface area contributed by atoms with E-state index in [4.69, 9.17) is 14.2 Å². The van der Waals surface area contributed by atoms with Crippen molar-refractivity contribution in [2.24, 2.45) is 0 Å². The van der Waals surface area contributed by atoms with E-state index in [2.05, 4.69) is 10.4 Å². The van der Waals surface area contributed by atoms with Crippen LogP contribution in [-0.2, 0) is 17.9 Å². The van der Waals surface area contributed by atoms with Gasteiger partial charge in [0.05, 0.1) is 18.9 Å².